The maximum absolute atomic E-state index is 12.4. The second kappa shape index (κ2) is 8.98. The number of nitrogens with zero attached hydrogens (tertiary/aromatic N) is 6. The van der Waals surface area contributed by atoms with Gasteiger partial charge >= 0.3 is 0 Å². The molecule has 10 nitrogen and oxygen atoms in total. The van der Waals surface area contributed by atoms with Crippen LogP contribution in [0.1, 0.15) is 10.6 Å². The molecule has 0 bridgehead atoms. The summed E-state index contributed by atoms with van der Waals surface area (Å²) in [6.45, 7) is 7.78. The number of furan rings is 1. The molecule has 10 heteroatoms. The molecule has 2 fully saturated rings. The Hall–Kier alpha value is -2.72. The van der Waals surface area contributed by atoms with Crippen molar-refractivity contribution >= 4 is 17.7 Å². The fraction of sp³-hybridized carbons (Fsp3) is 0.556. The first-order valence-electron chi connectivity index (χ1n) is 9.61. The average molecular weight is 387 g/mol. The molecule has 2 aromatic heterocycles. The molecule has 2 aliphatic heterocycles. The third kappa shape index (κ3) is 4.57. The minimum atomic E-state index is -0.0813. The first-order valence-corrected chi connectivity index (χ1v) is 9.61. The molecule has 0 atom stereocenters. The summed E-state index contributed by atoms with van der Waals surface area (Å²) in [5, 5.41) is 11.5. The van der Waals surface area contributed by atoms with Crippen LogP contribution in [0, 0.1) is 0 Å². The highest BCUT2D eigenvalue weighted by atomic mass is 16.5. The Morgan fingerprint density at radius 3 is 2.71 bits per heavy atom. The molecule has 1 N–H and O–H groups in total. The molecular weight excluding hydrogens is 362 g/mol. The van der Waals surface area contributed by atoms with Crippen molar-refractivity contribution in [1.29, 1.82) is 0 Å². The van der Waals surface area contributed by atoms with Gasteiger partial charge in [0, 0.05) is 52.4 Å². The second-order valence-electron chi connectivity index (χ2n) is 6.78. The lowest BCUT2D eigenvalue weighted by Gasteiger charge is -2.34. The Balaban J connectivity index is 1.27. The standard InChI is InChI=1S/C18H25N7O3/c26-17(15-2-1-11-28-15)24-5-7-25(8-6-24)18-21-16(14-20-22-18)19-3-4-23-9-12-27-13-10-23/h1-2,11,14H,3-10,12-13H2,(H,19,21,22). The van der Waals surface area contributed by atoms with Gasteiger partial charge in [-0.15, -0.1) is 5.10 Å². The number of nitrogens with one attached hydrogen (secondary N) is 1. The van der Waals surface area contributed by atoms with E-state index in [9.17, 15) is 4.79 Å². The van der Waals surface area contributed by atoms with Gasteiger partial charge in [-0.2, -0.15) is 10.1 Å². The summed E-state index contributed by atoms with van der Waals surface area (Å²) in [7, 11) is 0. The number of amides is 1. The van der Waals surface area contributed by atoms with Crippen LogP contribution in [-0.4, -0.2) is 96.5 Å². The first kappa shape index (κ1) is 18.6. The maximum atomic E-state index is 12.4. The van der Waals surface area contributed by atoms with Crippen molar-refractivity contribution in [3.63, 3.8) is 0 Å². The van der Waals surface area contributed by atoms with Crippen molar-refractivity contribution in [2.75, 3.05) is 75.8 Å². The van der Waals surface area contributed by atoms with Gasteiger partial charge in [0.2, 0.25) is 5.95 Å². The summed E-state index contributed by atoms with van der Waals surface area (Å²) >= 11 is 0. The van der Waals surface area contributed by atoms with Gasteiger partial charge in [0.05, 0.1) is 25.7 Å². The van der Waals surface area contributed by atoms with E-state index in [-0.39, 0.29) is 5.91 Å². The fourth-order valence-corrected chi connectivity index (χ4v) is 3.35. The molecule has 1 amide bonds. The van der Waals surface area contributed by atoms with Crippen molar-refractivity contribution in [3.8, 4) is 0 Å². The zero-order valence-electron chi connectivity index (χ0n) is 15.8. The van der Waals surface area contributed by atoms with Crippen LogP contribution in [0.4, 0.5) is 11.8 Å². The van der Waals surface area contributed by atoms with E-state index < -0.39 is 0 Å². The van der Waals surface area contributed by atoms with Crippen LogP contribution in [-0.2, 0) is 4.74 Å². The average Bonchev–Trinajstić information content (AvgIpc) is 3.29. The molecule has 0 unspecified atom stereocenters. The van der Waals surface area contributed by atoms with Gasteiger partial charge in [-0.25, -0.2) is 0 Å². The molecule has 150 valence electrons. The van der Waals surface area contributed by atoms with Crippen molar-refractivity contribution in [2.45, 2.75) is 0 Å². The molecular formula is C18H25N7O3. The van der Waals surface area contributed by atoms with Gasteiger partial charge in [-0.3, -0.25) is 9.69 Å². The maximum Gasteiger partial charge on any atom is 0.289 e. The lowest BCUT2D eigenvalue weighted by atomic mass is 10.3. The molecule has 4 rings (SSSR count). The van der Waals surface area contributed by atoms with Crippen molar-refractivity contribution in [1.82, 2.24) is 25.0 Å². The largest absolute Gasteiger partial charge is 0.459 e. The SMILES string of the molecule is O=C(c1ccco1)N1CCN(c2nncc(NCCN3CCOCC3)n2)CC1. The van der Waals surface area contributed by atoms with E-state index in [4.69, 9.17) is 9.15 Å². The first-order chi connectivity index (χ1) is 13.8. The van der Waals surface area contributed by atoms with Gasteiger partial charge in [-0.05, 0) is 12.1 Å². The predicted octanol–water partition coefficient (Wildman–Crippen LogP) is 0.171. The molecule has 4 heterocycles. The number of ether oxygens (including phenoxy) is 1. The quantitative estimate of drug-likeness (QED) is 0.743. The van der Waals surface area contributed by atoms with Gasteiger partial charge in [0.1, 0.15) is 0 Å². The zero-order chi connectivity index (χ0) is 19.2. The number of aromatic nitrogens is 3. The fourth-order valence-electron chi connectivity index (χ4n) is 3.35. The molecule has 2 saturated heterocycles. The van der Waals surface area contributed by atoms with Crippen LogP contribution in [0.15, 0.2) is 29.0 Å². The Bertz CT molecular complexity index is 756. The van der Waals surface area contributed by atoms with E-state index in [2.05, 4.69) is 25.4 Å². The summed E-state index contributed by atoms with van der Waals surface area (Å²) in [5.41, 5.74) is 0. The van der Waals surface area contributed by atoms with Gasteiger partial charge in [-0.1, -0.05) is 0 Å². The number of hydrogen-bond acceptors (Lipinski definition) is 9. The summed E-state index contributed by atoms with van der Waals surface area (Å²) in [6, 6.07) is 3.41. The molecule has 28 heavy (non-hydrogen) atoms. The van der Waals surface area contributed by atoms with E-state index >= 15 is 0 Å². The number of morpholine rings is 1. The smallest absolute Gasteiger partial charge is 0.289 e. The Kier molecular flexibility index (Phi) is 5.98. The molecule has 0 spiro atoms. The van der Waals surface area contributed by atoms with E-state index in [0.717, 1.165) is 39.4 Å². The molecule has 2 aliphatic rings. The van der Waals surface area contributed by atoms with Gasteiger partial charge in [0.25, 0.3) is 5.91 Å². The van der Waals surface area contributed by atoms with Crippen LogP contribution < -0.4 is 10.2 Å². The minimum absolute atomic E-state index is 0.0813. The number of hydrogen-bond donors (Lipinski definition) is 1. The zero-order valence-corrected chi connectivity index (χ0v) is 15.8. The molecule has 0 radical (unpaired) electrons. The second-order valence-corrected chi connectivity index (χ2v) is 6.78. The van der Waals surface area contributed by atoms with Gasteiger partial charge < -0.3 is 24.3 Å². The Morgan fingerprint density at radius 1 is 1.14 bits per heavy atom. The third-order valence-corrected chi connectivity index (χ3v) is 4.97. The van der Waals surface area contributed by atoms with Gasteiger partial charge in [0.15, 0.2) is 11.6 Å². The topological polar surface area (TPSA) is 99.9 Å². The van der Waals surface area contributed by atoms with Crippen LogP contribution in [0.2, 0.25) is 0 Å². The van der Waals surface area contributed by atoms with Crippen LogP contribution in [0.5, 0.6) is 0 Å². The van der Waals surface area contributed by atoms with E-state index in [1.165, 1.54) is 6.26 Å². The summed E-state index contributed by atoms with van der Waals surface area (Å²) < 4.78 is 10.6. The van der Waals surface area contributed by atoms with Crippen LogP contribution >= 0.6 is 0 Å². The highest BCUT2D eigenvalue weighted by Crippen LogP contribution is 2.14. The lowest BCUT2D eigenvalue weighted by Crippen LogP contribution is -2.49. The predicted molar refractivity (Wildman–Crippen MR) is 102 cm³/mol. The number of piperazine rings is 1. The normalized spacial score (nSPS) is 18.3. The monoisotopic (exact) mass is 387 g/mol. The number of rotatable bonds is 6. The van der Waals surface area contributed by atoms with Crippen LogP contribution in [0.3, 0.4) is 0 Å². The van der Waals surface area contributed by atoms with E-state index in [0.29, 0.717) is 43.7 Å². The molecule has 0 aliphatic carbocycles. The number of carbonyl (C=O) groups excluding carboxylic acids is 1. The Labute approximate surface area is 163 Å². The Morgan fingerprint density at radius 2 is 1.96 bits per heavy atom. The van der Waals surface area contributed by atoms with Crippen molar-refractivity contribution in [3.05, 3.63) is 30.4 Å². The van der Waals surface area contributed by atoms with Crippen LogP contribution in [0.25, 0.3) is 0 Å². The third-order valence-electron chi connectivity index (χ3n) is 4.97. The number of carbonyl (C=O) groups is 1. The molecule has 2 aromatic rings. The van der Waals surface area contributed by atoms with Crippen molar-refractivity contribution in [2.24, 2.45) is 0 Å². The van der Waals surface area contributed by atoms with E-state index in [1.807, 2.05) is 4.90 Å². The van der Waals surface area contributed by atoms with Crippen molar-refractivity contribution < 1.29 is 13.9 Å². The lowest BCUT2D eigenvalue weighted by molar-refractivity contribution is 0.0398. The molecule has 0 saturated carbocycles. The summed E-state index contributed by atoms with van der Waals surface area (Å²) in [4.78, 5) is 23.1. The highest BCUT2D eigenvalue weighted by Gasteiger charge is 2.25. The minimum Gasteiger partial charge on any atom is -0.459 e. The summed E-state index contributed by atoms with van der Waals surface area (Å²) in [5.74, 6) is 1.59. The highest BCUT2D eigenvalue weighted by molar-refractivity contribution is 5.91. The number of anilines is 2. The molecule has 0 aromatic carbocycles. The van der Waals surface area contributed by atoms with E-state index in [1.54, 1.807) is 23.2 Å². The summed E-state index contributed by atoms with van der Waals surface area (Å²) in [6.07, 6.45) is 3.15.